The number of rotatable bonds is 10. The van der Waals surface area contributed by atoms with Crippen LogP contribution < -0.4 is 15.8 Å². The van der Waals surface area contributed by atoms with Crippen LogP contribution in [0.2, 0.25) is 0 Å². The molecule has 0 spiro atoms. The third-order valence-electron chi connectivity index (χ3n) is 6.33. The Labute approximate surface area is 225 Å². The van der Waals surface area contributed by atoms with Crippen LogP contribution in [-0.4, -0.2) is 31.7 Å². The van der Waals surface area contributed by atoms with Crippen LogP contribution in [0.25, 0.3) is 22.3 Å². The van der Waals surface area contributed by atoms with Crippen LogP contribution in [0, 0.1) is 29.1 Å². The second-order valence-electron chi connectivity index (χ2n) is 9.04. The minimum atomic E-state index is -1.76. The van der Waals surface area contributed by atoms with Gasteiger partial charge >= 0.3 is 0 Å². The van der Waals surface area contributed by atoms with E-state index in [-0.39, 0.29) is 46.5 Å². The van der Waals surface area contributed by atoms with E-state index in [1.54, 1.807) is 4.68 Å². The molecule has 0 aliphatic carbocycles. The van der Waals surface area contributed by atoms with Gasteiger partial charge in [0.05, 0.1) is 11.4 Å². The van der Waals surface area contributed by atoms with E-state index in [1.807, 2.05) is 13.8 Å². The molecule has 3 N–H and O–H groups in total. The number of hydrogen-bond donors (Lipinski definition) is 2. The molecule has 0 radical (unpaired) electrons. The van der Waals surface area contributed by atoms with Crippen molar-refractivity contribution in [1.82, 2.24) is 25.1 Å². The van der Waals surface area contributed by atoms with Gasteiger partial charge in [0.25, 0.3) is 0 Å². The molecule has 13 heteroatoms. The molecule has 0 fully saturated rings. The molecule has 2 atom stereocenters. The molecule has 4 aromatic rings. The number of anilines is 1. The van der Waals surface area contributed by atoms with Gasteiger partial charge in [-0.1, -0.05) is 13.5 Å². The molecule has 2 heterocycles. The summed E-state index contributed by atoms with van der Waals surface area (Å²) in [6.45, 7) is 7.24. The molecule has 0 aliphatic heterocycles. The number of fused-ring (bicyclic) bond motifs is 1. The summed E-state index contributed by atoms with van der Waals surface area (Å²) in [7, 11) is 0. The van der Waals surface area contributed by atoms with Crippen molar-refractivity contribution in [3.63, 3.8) is 0 Å². The SMILES string of the molecule is C=CC(=O)N[C@@H](C)CCC(CC)n1nc(-c2ccc(Oc3c(F)c(F)cc(F)c3F)cc2F)c2c(N)ncnc21. The minimum absolute atomic E-state index is 0.0384. The number of nitrogens with zero attached hydrogens (tertiary/aromatic N) is 4. The Balaban J connectivity index is 1.70. The zero-order chi connectivity index (χ0) is 29.1. The number of nitrogens with two attached hydrogens (primary N) is 1. The lowest BCUT2D eigenvalue weighted by atomic mass is 10.1. The van der Waals surface area contributed by atoms with Crippen molar-refractivity contribution >= 4 is 22.8 Å². The molecular formula is C27H25F5N6O2. The summed E-state index contributed by atoms with van der Waals surface area (Å²) in [6.07, 6.45) is 4.26. The number of aromatic nitrogens is 4. The Bertz CT molecular complexity index is 1570. The number of nitrogens with one attached hydrogen (secondary N) is 1. The highest BCUT2D eigenvalue weighted by molar-refractivity contribution is 5.98. The lowest BCUT2D eigenvalue weighted by molar-refractivity contribution is -0.117. The molecule has 0 saturated carbocycles. The maximum Gasteiger partial charge on any atom is 0.243 e. The summed E-state index contributed by atoms with van der Waals surface area (Å²) in [5.74, 6) is -9.78. The van der Waals surface area contributed by atoms with Crippen LogP contribution in [0.5, 0.6) is 11.5 Å². The highest BCUT2D eigenvalue weighted by atomic mass is 19.2. The number of benzene rings is 2. The topological polar surface area (TPSA) is 108 Å². The molecule has 0 aliphatic rings. The monoisotopic (exact) mass is 560 g/mol. The largest absolute Gasteiger partial charge is 0.451 e. The summed E-state index contributed by atoms with van der Waals surface area (Å²) < 4.78 is 77.1. The van der Waals surface area contributed by atoms with E-state index in [2.05, 4.69) is 27.0 Å². The van der Waals surface area contributed by atoms with E-state index >= 15 is 4.39 Å². The number of carbonyl (C=O) groups is 1. The molecule has 2 aromatic heterocycles. The van der Waals surface area contributed by atoms with Gasteiger partial charge in [0.15, 0.2) is 17.3 Å². The van der Waals surface area contributed by atoms with Crippen LogP contribution in [0.4, 0.5) is 27.8 Å². The number of halogens is 5. The van der Waals surface area contributed by atoms with Gasteiger partial charge in [-0.15, -0.1) is 0 Å². The van der Waals surface area contributed by atoms with Gasteiger partial charge in [-0.25, -0.2) is 27.8 Å². The van der Waals surface area contributed by atoms with Gasteiger partial charge in [-0.05, 0) is 44.4 Å². The Kier molecular flexibility index (Phi) is 8.31. The first-order valence-electron chi connectivity index (χ1n) is 12.3. The van der Waals surface area contributed by atoms with Crippen molar-refractivity contribution in [3.8, 4) is 22.8 Å². The predicted molar refractivity (Wildman–Crippen MR) is 138 cm³/mol. The van der Waals surface area contributed by atoms with Crippen molar-refractivity contribution in [2.75, 3.05) is 5.73 Å². The van der Waals surface area contributed by atoms with Crippen molar-refractivity contribution in [2.45, 2.75) is 45.2 Å². The molecular weight excluding hydrogens is 535 g/mol. The third-order valence-corrected chi connectivity index (χ3v) is 6.33. The molecule has 0 bridgehead atoms. The molecule has 40 heavy (non-hydrogen) atoms. The first kappa shape index (κ1) is 28.5. The van der Waals surface area contributed by atoms with Crippen LogP contribution in [-0.2, 0) is 4.79 Å². The number of ether oxygens (including phenoxy) is 1. The second kappa shape index (κ2) is 11.7. The van der Waals surface area contributed by atoms with Gasteiger partial charge in [-0.3, -0.25) is 4.79 Å². The summed E-state index contributed by atoms with van der Waals surface area (Å²) in [4.78, 5) is 19.9. The Hall–Kier alpha value is -4.55. The molecule has 8 nitrogen and oxygen atoms in total. The third kappa shape index (κ3) is 5.58. The maximum atomic E-state index is 15.4. The van der Waals surface area contributed by atoms with E-state index in [0.29, 0.717) is 24.9 Å². The summed E-state index contributed by atoms with van der Waals surface area (Å²) >= 11 is 0. The normalized spacial score (nSPS) is 12.8. The Morgan fingerprint density at radius 3 is 2.42 bits per heavy atom. The van der Waals surface area contributed by atoms with Gasteiger partial charge in [0.2, 0.25) is 23.3 Å². The van der Waals surface area contributed by atoms with E-state index in [0.717, 1.165) is 12.1 Å². The smallest absolute Gasteiger partial charge is 0.243 e. The van der Waals surface area contributed by atoms with E-state index in [1.165, 1.54) is 18.5 Å². The zero-order valence-corrected chi connectivity index (χ0v) is 21.5. The first-order valence-corrected chi connectivity index (χ1v) is 12.3. The van der Waals surface area contributed by atoms with Crippen LogP contribution >= 0.6 is 0 Å². The molecule has 210 valence electrons. The van der Waals surface area contributed by atoms with E-state index < -0.39 is 40.6 Å². The Morgan fingerprint density at radius 2 is 1.80 bits per heavy atom. The van der Waals surface area contributed by atoms with Gasteiger partial charge in [0, 0.05) is 23.7 Å². The summed E-state index contributed by atoms with van der Waals surface area (Å²) in [6, 6.07) is 2.87. The van der Waals surface area contributed by atoms with Gasteiger partial charge < -0.3 is 15.8 Å². The number of carbonyl (C=O) groups excluding carboxylic acids is 1. The van der Waals surface area contributed by atoms with Crippen molar-refractivity contribution < 1.29 is 31.5 Å². The van der Waals surface area contributed by atoms with Crippen molar-refractivity contribution in [1.29, 1.82) is 0 Å². The van der Waals surface area contributed by atoms with Crippen LogP contribution in [0.1, 0.15) is 39.2 Å². The molecule has 1 unspecified atom stereocenters. The summed E-state index contributed by atoms with van der Waals surface area (Å²) in [5.41, 5.74) is 6.54. The van der Waals surface area contributed by atoms with Crippen molar-refractivity contribution in [2.24, 2.45) is 0 Å². The highest BCUT2D eigenvalue weighted by Crippen LogP contribution is 2.37. The quantitative estimate of drug-likeness (QED) is 0.140. The average Bonchev–Trinajstić information content (AvgIpc) is 3.31. The first-order chi connectivity index (χ1) is 19.0. The number of nitrogen functional groups attached to an aromatic ring is 1. The summed E-state index contributed by atoms with van der Waals surface area (Å²) in [5, 5.41) is 7.69. The number of amides is 1. The fourth-order valence-corrected chi connectivity index (χ4v) is 4.26. The standard InChI is InChI=1S/C27H25F5N6O2/c1-4-14(7-6-13(3)36-20(39)5-2)38-27-21(26(33)34-12-35-27)24(37-38)16-9-8-15(10-17(16)28)40-25-22(31)18(29)11-19(30)23(25)32/h5,8-14H,2,4,6-7H2,1,3H3,(H,36,39)(H2,33,34,35)/t13-,14?/m0/s1. The fourth-order valence-electron chi connectivity index (χ4n) is 4.26. The molecule has 4 rings (SSSR count). The molecule has 0 saturated heterocycles. The maximum absolute atomic E-state index is 15.4. The lowest BCUT2D eigenvalue weighted by Crippen LogP contribution is -2.31. The lowest BCUT2D eigenvalue weighted by Gasteiger charge is -2.19. The fraction of sp³-hybridized carbons (Fsp3) is 0.259. The van der Waals surface area contributed by atoms with E-state index in [9.17, 15) is 22.4 Å². The average molecular weight is 561 g/mol. The van der Waals surface area contributed by atoms with Crippen LogP contribution in [0.3, 0.4) is 0 Å². The molecule has 2 aromatic carbocycles. The minimum Gasteiger partial charge on any atom is -0.451 e. The highest BCUT2D eigenvalue weighted by Gasteiger charge is 2.25. The second-order valence-corrected chi connectivity index (χ2v) is 9.04. The van der Waals surface area contributed by atoms with E-state index in [4.69, 9.17) is 10.5 Å². The number of hydrogen-bond acceptors (Lipinski definition) is 6. The predicted octanol–water partition coefficient (Wildman–Crippen LogP) is 5.99. The zero-order valence-electron chi connectivity index (χ0n) is 21.5. The molecule has 1 amide bonds. The van der Waals surface area contributed by atoms with Crippen molar-refractivity contribution in [3.05, 3.63) is 72.3 Å². The van der Waals surface area contributed by atoms with Gasteiger partial charge in [-0.2, -0.15) is 13.9 Å². The Morgan fingerprint density at radius 1 is 1.10 bits per heavy atom. The van der Waals surface area contributed by atoms with Crippen LogP contribution in [0.15, 0.2) is 43.2 Å². The van der Waals surface area contributed by atoms with Gasteiger partial charge in [0.1, 0.15) is 29.4 Å².